The number of rotatable bonds is 6. The predicted octanol–water partition coefficient (Wildman–Crippen LogP) is 1.78. The number of nitrogens with one attached hydrogen (secondary N) is 1. The first-order valence-electron chi connectivity index (χ1n) is 13.0. The van der Waals surface area contributed by atoms with Crippen LogP contribution in [0.4, 0.5) is 10.5 Å². The Balaban J connectivity index is 1.82. The molecule has 1 aromatic rings. The number of benzene rings is 1. The van der Waals surface area contributed by atoms with E-state index in [1.54, 1.807) is 39.2 Å². The quantitative estimate of drug-likeness (QED) is 0.192. The molecule has 2 amide bonds. The van der Waals surface area contributed by atoms with E-state index in [-0.39, 0.29) is 36.1 Å². The summed E-state index contributed by atoms with van der Waals surface area (Å²) in [5.41, 5.74) is 2.29. The van der Waals surface area contributed by atoms with Gasteiger partial charge in [-0.2, -0.15) is 0 Å². The summed E-state index contributed by atoms with van der Waals surface area (Å²) in [6, 6.07) is 0.479. The van der Waals surface area contributed by atoms with Gasteiger partial charge < -0.3 is 41.1 Å². The molecule has 3 aliphatic carbocycles. The highest BCUT2D eigenvalue weighted by molar-refractivity contribution is 6.67. The van der Waals surface area contributed by atoms with Crippen LogP contribution in [-0.4, -0.2) is 99.1 Å². The van der Waals surface area contributed by atoms with E-state index >= 15 is 0 Å². The van der Waals surface area contributed by atoms with Crippen molar-refractivity contribution in [3.05, 3.63) is 45.4 Å². The first-order chi connectivity index (χ1) is 19.8. The molecule has 4 rings (SSSR count). The number of carbonyl (C=O) groups excluding carboxylic acids is 4. The van der Waals surface area contributed by atoms with Gasteiger partial charge in [-0.05, 0) is 44.5 Å². The van der Waals surface area contributed by atoms with E-state index in [1.807, 2.05) is 0 Å². The molecule has 16 heteroatoms. The largest absolute Gasteiger partial charge is 0.510 e. The Kier molecular flexibility index (Phi) is 8.63. The van der Waals surface area contributed by atoms with E-state index in [4.69, 9.17) is 45.3 Å². The smallest absolute Gasteiger partial charge is 0.407 e. The normalized spacial score (nSPS) is 25.3. The van der Waals surface area contributed by atoms with Crippen LogP contribution in [0.25, 0.3) is 0 Å². The number of phenolic OH excluding ortho intramolecular Hbond substituents is 1. The summed E-state index contributed by atoms with van der Waals surface area (Å²) in [5.74, 6) is -7.49. The van der Waals surface area contributed by atoms with E-state index in [0.717, 1.165) is 0 Å². The van der Waals surface area contributed by atoms with Crippen molar-refractivity contribution in [1.29, 1.82) is 0 Å². The molecule has 0 aromatic heterocycles. The molecule has 0 radical (unpaired) electrons. The highest BCUT2D eigenvalue weighted by atomic mass is 35.6. The summed E-state index contributed by atoms with van der Waals surface area (Å²) in [5, 5.41) is 47.7. The minimum atomic E-state index is -2.75. The minimum Gasteiger partial charge on any atom is -0.510 e. The molecule has 1 aromatic carbocycles. The van der Waals surface area contributed by atoms with Gasteiger partial charge in [-0.15, -0.1) is 0 Å². The number of fused-ring (bicyclic) bond motifs is 3. The third-order valence-corrected chi connectivity index (χ3v) is 8.38. The molecule has 0 saturated carbocycles. The Labute approximate surface area is 261 Å². The van der Waals surface area contributed by atoms with Gasteiger partial charge in [0.2, 0.25) is 9.58 Å². The molecule has 3 aliphatic rings. The second kappa shape index (κ2) is 11.4. The molecule has 7 N–H and O–H groups in total. The van der Waals surface area contributed by atoms with Crippen molar-refractivity contribution in [3.8, 4) is 5.75 Å². The van der Waals surface area contributed by atoms with Gasteiger partial charge in [0, 0.05) is 43.4 Å². The average Bonchev–Trinajstić information content (AvgIpc) is 2.88. The number of carbonyl (C=O) groups is 4. The van der Waals surface area contributed by atoms with Crippen molar-refractivity contribution in [2.75, 3.05) is 39.7 Å². The highest BCUT2D eigenvalue weighted by Gasteiger charge is 2.63. The van der Waals surface area contributed by atoms with Crippen molar-refractivity contribution in [2.24, 2.45) is 17.6 Å². The summed E-state index contributed by atoms with van der Waals surface area (Å²) in [6.07, 6.45) is -0.901. The zero-order valence-corrected chi connectivity index (χ0v) is 25.8. The molecule has 0 fully saturated rings. The summed E-state index contributed by atoms with van der Waals surface area (Å²) in [6.45, 7) is -0.848. The Morgan fingerprint density at radius 2 is 1.79 bits per heavy atom. The number of anilines is 1. The number of ketones is 2. The lowest BCUT2D eigenvalue weighted by Crippen LogP contribution is -2.63. The van der Waals surface area contributed by atoms with Gasteiger partial charge >= 0.3 is 6.09 Å². The number of ether oxygens (including phenoxy) is 1. The maximum Gasteiger partial charge on any atom is 0.407 e. The fraction of sp³-hybridized carbons (Fsp3) is 0.481. The number of primary amides is 1. The molecule has 0 saturated heterocycles. The Morgan fingerprint density at radius 3 is 2.33 bits per heavy atom. The first-order valence-corrected chi connectivity index (χ1v) is 14.1. The standard InChI is InChI=1S/C27H31Cl3N4O9/c1-33(2)14-7-11(8-32-25(41)43-9-26(28,29)30)19(35)16-12(14)5-10-6-13-18(34(3)4)21(37)17(24(31)40)23(39)27(13,42)22(38)15(10)20(16)36/h7,10,13,18,35,37-38,42H,5-6,8-9H2,1-4H3,(H2,31,40)(H,32,41)/t10-,13-,18-,27-/m1/s1. The SMILES string of the molecule is CN(C)c1cc(CNC(=O)OCC(Cl)(Cl)Cl)c(O)c2c1C[C@@H]1C[C@@H]3[C@@H](N(C)C)C(O)=C(C(N)=O)C(=O)[C@]3(O)C(O)=C1C2=O. The van der Waals surface area contributed by atoms with E-state index in [0.29, 0.717) is 11.3 Å². The van der Waals surface area contributed by atoms with Crippen molar-refractivity contribution in [2.45, 2.75) is 34.8 Å². The lowest BCUT2D eigenvalue weighted by Gasteiger charge is -2.50. The second-order valence-electron chi connectivity index (χ2n) is 11.2. The Hall–Kier alpha value is -3.23. The van der Waals surface area contributed by atoms with Crippen LogP contribution >= 0.6 is 34.8 Å². The van der Waals surface area contributed by atoms with Crippen molar-refractivity contribution < 1.29 is 44.3 Å². The maximum absolute atomic E-state index is 14.0. The van der Waals surface area contributed by atoms with Crippen LogP contribution in [-0.2, 0) is 27.3 Å². The van der Waals surface area contributed by atoms with Gasteiger partial charge in [-0.3, -0.25) is 19.3 Å². The molecule has 43 heavy (non-hydrogen) atoms. The third kappa shape index (κ3) is 5.48. The number of aromatic hydroxyl groups is 1. The van der Waals surface area contributed by atoms with Crippen LogP contribution < -0.4 is 16.0 Å². The van der Waals surface area contributed by atoms with Crippen LogP contribution in [0.2, 0.25) is 0 Å². The number of alkyl halides is 3. The van der Waals surface area contributed by atoms with Gasteiger partial charge in [-0.1, -0.05) is 34.8 Å². The van der Waals surface area contributed by atoms with Crippen molar-refractivity contribution in [3.63, 3.8) is 0 Å². The number of halogens is 3. The predicted molar refractivity (Wildman–Crippen MR) is 156 cm³/mol. The first kappa shape index (κ1) is 32.7. The second-order valence-corrected chi connectivity index (χ2v) is 13.7. The fourth-order valence-corrected chi connectivity index (χ4v) is 6.42. The molecule has 4 atom stereocenters. The van der Waals surface area contributed by atoms with Gasteiger partial charge in [0.05, 0.1) is 11.6 Å². The number of aliphatic hydroxyl groups is 3. The van der Waals surface area contributed by atoms with E-state index in [9.17, 15) is 39.6 Å². The molecule has 0 spiro atoms. The number of hydrogen-bond donors (Lipinski definition) is 6. The molecule has 0 unspecified atom stereocenters. The van der Waals surface area contributed by atoms with Crippen molar-refractivity contribution in [1.82, 2.24) is 10.2 Å². The summed E-state index contributed by atoms with van der Waals surface area (Å²) >= 11 is 16.8. The van der Waals surface area contributed by atoms with Crippen LogP contribution in [0.1, 0.15) is 27.9 Å². The maximum atomic E-state index is 14.0. The summed E-state index contributed by atoms with van der Waals surface area (Å²) in [7, 11) is 6.53. The average molecular weight is 662 g/mol. The number of nitrogens with zero attached hydrogens (tertiary/aromatic N) is 2. The van der Waals surface area contributed by atoms with Gasteiger partial charge in [0.25, 0.3) is 5.91 Å². The van der Waals surface area contributed by atoms with Gasteiger partial charge in [-0.25, -0.2) is 4.79 Å². The number of aliphatic hydroxyl groups excluding tert-OH is 2. The monoisotopic (exact) mass is 660 g/mol. The van der Waals surface area contributed by atoms with Crippen LogP contribution in [0.3, 0.4) is 0 Å². The summed E-state index contributed by atoms with van der Waals surface area (Å²) < 4.78 is 2.99. The third-order valence-electron chi connectivity index (χ3n) is 8.05. The Bertz CT molecular complexity index is 1480. The highest BCUT2D eigenvalue weighted by Crippen LogP contribution is 2.53. The summed E-state index contributed by atoms with van der Waals surface area (Å²) in [4.78, 5) is 54.9. The lowest BCUT2D eigenvalue weighted by atomic mass is 9.58. The van der Waals surface area contributed by atoms with Crippen LogP contribution in [0.5, 0.6) is 5.75 Å². The van der Waals surface area contributed by atoms with E-state index in [1.165, 1.54) is 4.90 Å². The molecule has 234 valence electrons. The number of allylic oxidation sites excluding steroid dienone is 1. The zero-order valence-electron chi connectivity index (χ0n) is 23.6. The van der Waals surface area contributed by atoms with Crippen LogP contribution in [0.15, 0.2) is 28.7 Å². The molecule has 0 bridgehead atoms. The van der Waals surface area contributed by atoms with Gasteiger partial charge in [0.15, 0.2) is 11.4 Å². The fourth-order valence-electron chi connectivity index (χ4n) is 6.25. The minimum absolute atomic E-state index is 0.0439. The molecule has 13 nitrogen and oxygen atoms in total. The number of amides is 2. The zero-order chi connectivity index (χ0) is 32.3. The Morgan fingerprint density at radius 1 is 1.16 bits per heavy atom. The topological polar surface area (TPSA) is 203 Å². The number of likely N-dealkylation sites (N-methyl/N-ethyl adjacent to an activating group) is 1. The number of Topliss-reactive ketones (excluding diaryl/α,β-unsaturated/α-hetero) is 2. The number of nitrogens with two attached hydrogens (primary N) is 1. The van der Waals surface area contributed by atoms with Crippen molar-refractivity contribution >= 4 is 64.1 Å². The number of hydrogen-bond acceptors (Lipinski definition) is 11. The molecular weight excluding hydrogens is 631 g/mol. The number of phenols is 1. The van der Waals surface area contributed by atoms with E-state index in [2.05, 4.69) is 5.32 Å². The molecule has 0 aliphatic heterocycles. The van der Waals surface area contributed by atoms with Gasteiger partial charge in [0.1, 0.15) is 29.4 Å². The van der Waals surface area contributed by atoms with Crippen LogP contribution in [0, 0.1) is 11.8 Å². The number of alkyl carbamates (subject to hydrolysis) is 1. The van der Waals surface area contributed by atoms with E-state index < -0.39 is 80.3 Å². The lowest BCUT2D eigenvalue weighted by molar-refractivity contribution is -0.148. The molecular formula is C27H31Cl3N4O9. The molecule has 0 heterocycles.